The van der Waals surface area contributed by atoms with E-state index in [2.05, 4.69) is 10.2 Å². The number of pyridine rings is 1. The van der Waals surface area contributed by atoms with Gasteiger partial charge in [0.25, 0.3) is 0 Å². The maximum atomic E-state index is 13.1. The minimum atomic E-state index is -4.43. The summed E-state index contributed by atoms with van der Waals surface area (Å²) in [4.78, 5) is 0. The molecule has 0 aliphatic rings. The lowest BCUT2D eigenvalue weighted by atomic mass is 10.2. The first-order valence-electron chi connectivity index (χ1n) is 6.23. The molecule has 0 aliphatic heterocycles. The van der Waals surface area contributed by atoms with E-state index in [0.717, 1.165) is 12.3 Å². The second kappa shape index (κ2) is 5.60. The van der Waals surface area contributed by atoms with Crippen molar-refractivity contribution in [3.8, 4) is 0 Å². The van der Waals surface area contributed by atoms with Crippen molar-refractivity contribution in [1.82, 2.24) is 14.6 Å². The van der Waals surface area contributed by atoms with Gasteiger partial charge in [-0.15, -0.1) is 10.2 Å². The van der Waals surface area contributed by atoms with Crippen LogP contribution >= 0.6 is 11.8 Å². The van der Waals surface area contributed by atoms with Crippen molar-refractivity contribution in [1.29, 1.82) is 0 Å². The number of halogens is 4. The maximum absolute atomic E-state index is 13.1. The van der Waals surface area contributed by atoms with E-state index in [0.29, 0.717) is 22.1 Å². The van der Waals surface area contributed by atoms with Crippen molar-refractivity contribution < 1.29 is 17.6 Å². The molecule has 0 bridgehead atoms. The van der Waals surface area contributed by atoms with E-state index < -0.39 is 11.7 Å². The number of nitrogens with zero attached hydrogens (tertiary/aromatic N) is 3. The summed E-state index contributed by atoms with van der Waals surface area (Å²) in [6, 6.07) is 8.25. The van der Waals surface area contributed by atoms with Crippen LogP contribution in [0.1, 0.15) is 11.1 Å². The third kappa shape index (κ3) is 3.06. The Labute approximate surface area is 127 Å². The molecule has 3 rings (SSSR count). The summed E-state index contributed by atoms with van der Waals surface area (Å²) in [5, 5.41) is 8.02. The van der Waals surface area contributed by atoms with Crippen LogP contribution in [0.5, 0.6) is 0 Å². The van der Waals surface area contributed by atoms with E-state index in [4.69, 9.17) is 0 Å². The smallest absolute Gasteiger partial charge is 0.277 e. The number of aromatic nitrogens is 3. The monoisotopic (exact) mass is 327 g/mol. The Bertz CT molecular complexity index is 813. The molecule has 8 heteroatoms. The average Bonchev–Trinajstić information content (AvgIpc) is 2.86. The molecule has 0 atom stereocenters. The third-order valence-electron chi connectivity index (χ3n) is 2.96. The lowest BCUT2D eigenvalue weighted by molar-refractivity contribution is -0.137. The number of hydrogen-bond acceptors (Lipinski definition) is 3. The molecule has 0 saturated heterocycles. The molecule has 0 radical (unpaired) electrons. The normalized spacial score (nSPS) is 12.0. The topological polar surface area (TPSA) is 30.2 Å². The Hall–Kier alpha value is -2.09. The number of benzene rings is 1. The highest BCUT2D eigenvalue weighted by atomic mass is 32.2. The fourth-order valence-corrected chi connectivity index (χ4v) is 2.77. The van der Waals surface area contributed by atoms with Gasteiger partial charge in [0.2, 0.25) is 0 Å². The van der Waals surface area contributed by atoms with Gasteiger partial charge >= 0.3 is 6.18 Å². The average molecular weight is 327 g/mol. The van der Waals surface area contributed by atoms with Crippen LogP contribution in [-0.2, 0) is 11.9 Å². The number of rotatable bonds is 3. The lowest BCUT2D eigenvalue weighted by Crippen LogP contribution is -2.06. The molecule has 2 heterocycles. The molecule has 0 saturated carbocycles. The van der Waals surface area contributed by atoms with Crippen LogP contribution in [0.2, 0.25) is 0 Å². The van der Waals surface area contributed by atoms with Crippen LogP contribution in [0.15, 0.2) is 47.8 Å². The fourth-order valence-electron chi connectivity index (χ4n) is 1.91. The van der Waals surface area contributed by atoms with Crippen LogP contribution in [0, 0.1) is 5.82 Å². The molecule has 0 fully saturated rings. The third-order valence-corrected chi connectivity index (χ3v) is 3.97. The van der Waals surface area contributed by atoms with Gasteiger partial charge < -0.3 is 0 Å². The number of fused-ring (bicyclic) bond motifs is 1. The zero-order valence-corrected chi connectivity index (χ0v) is 11.8. The highest BCUT2D eigenvalue weighted by Gasteiger charge is 2.31. The zero-order chi connectivity index (χ0) is 15.7. The van der Waals surface area contributed by atoms with Crippen molar-refractivity contribution >= 4 is 17.4 Å². The summed E-state index contributed by atoms with van der Waals surface area (Å²) in [5.41, 5.74) is 0.274. The van der Waals surface area contributed by atoms with E-state index in [-0.39, 0.29) is 5.82 Å². The highest BCUT2D eigenvalue weighted by molar-refractivity contribution is 7.98. The second-order valence-electron chi connectivity index (χ2n) is 4.54. The van der Waals surface area contributed by atoms with Gasteiger partial charge in [0.05, 0.1) is 5.56 Å². The first-order valence-corrected chi connectivity index (χ1v) is 7.21. The second-order valence-corrected chi connectivity index (χ2v) is 5.49. The van der Waals surface area contributed by atoms with Gasteiger partial charge in [-0.25, -0.2) is 4.39 Å². The first kappa shape index (κ1) is 14.8. The molecule has 0 N–H and O–H groups in total. The summed E-state index contributed by atoms with van der Waals surface area (Å²) in [5.74, 6) is 0.0259. The van der Waals surface area contributed by atoms with Crippen LogP contribution < -0.4 is 0 Å². The SMILES string of the molecule is Fc1cccc(CSc2nnc3ccc(C(F)(F)F)cn23)c1. The molecule has 1 aromatic carbocycles. The number of alkyl halides is 3. The number of thioether (sulfide) groups is 1. The molecular weight excluding hydrogens is 318 g/mol. The molecule has 0 spiro atoms. The Morgan fingerprint density at radius 3 is 2.64 bits per heavy atom. The van der Waals surface area contributed by atoms with Crippen molar-refractivity contribution in [3.63, 3.8) is 0 Å². The van der Waals surface area contributed by atoms with Gasteiger partial charge in [0.15, 0.2) is 10.8 Å². The molecule has 2 aromatic heterocycles. The van der Waals surface area contributed by atoms with E-state index >= 15 is 0 Å². The quantitative estimate of drug-likeness (QED) is 0.534. The van der Waals surface area contributed by atoms with E-state index in [1.54, 1.807) is 12.1 Å². The minimum absolute atomic E-state index is 0.324. The van der Waals surface area contributed by atoms with Crippen LogP contribution in [0.25, 0.3) is 5.65 Å². The Morgan fingerprint density at radius 2 is 1.91 bits per heavy atom. The van der Waals surface area contributed by atoms with Crippen molar-refractivity contribution in [2.75, 3.05) is 0 Å². The minimum Gasteiger partial charge on any atom is -0.277 e. The van der Waals surface area contributed by atoms with Gasteiger partial charge in [-0.2, -0.15) is 13.2 Å². The maximum Gasteiger partial charge on any atom is 0.417 e. The zero-order valence-electron chi connectivity index (χ0n) is 11.0. The molecule has 3 nitrogen and oxygen atoms in total. The molecule has 0 amide bonds. The molecular formula is C14H9F4N3S. The summed E-state index contributed by atoms with van der Waals surface area (Å²) >= 11 is 1.19. The van der Waals surface area contributed by atoms with Crippen molar-refractivity contribution in [2.24, 2.45) is 0 Å². The van der Waals surface area contributed by atoms with Crippen molar-refractivity contribution in [3.05, 3.63) is 59.5 Å². The van der Waals surface area contributed by atoms with Crippen LogP contribution in [-0.4, -0.2) is 14.6 Å². The molecule has 22 heavy (non-hydrogen) atoms. The molecule has 0 unspecified atom stereocenters. The van der Waals surface area contributed by atoms with Crippen LogP contribution in [0.4, 0.5) is 17.6 Å². The Morgan fingerprint density at radius 1 is 1.09 bits per heavy atom. The van der Waals surface area contributed by atoms with Crippen molar-refractivity contribution in [2.45, 2.75) is 17.1 Å². The standard InChI is InChI=1S/C14H9F4N3S/c15-11-3-1-2-9(6-11)8-22-13-20-19-12-5-4-10(7-21(12)13)14(16,17)18/h1-7H,8H2. The predicted molar refractivity (Wildman–Crippen MR) is 74.0 cm³/mol. The van der Waals surface area contributed by atoms with Gasteiger partial charge in [0, 0.05) is 11.9 Å². The largest absolute Gasteiger partial charge is 0.417 e. The number of hydrogen-bond donors (Lipinski definition) is 0. The Kier molecular flexibility index (Phi) is 3.78. The highest BCUT2D eigenvalue weighted by Crippen LogP contribution is 2.30. The van der Waals surface area contributed by atoms with E-state index in [1.165, 1.54) is 34.4 Å². The van der Waals surface area contributed by atoms with Crippen LogP contribution in [0.3, 0.4) is 0 Å². The van der Waals surface area contributed by atoms with Gasteiger partial charge in [-0.3, -0.25) is 4.40 Å². The predicted octanol–water partition coefficient (Wildman–Crippen LogP) is 4.18. The van der Waals surface area contributed by atoms with E-state index in [9.17, 15) is 17.6 Å². The van der Waals surface area contributed by atoms with E-state index in [1.807, 2.05) is 0 Å². The summed E-state index contributed by atoms with van der Waals surface area (Å²) in [6.45, 7) is 0. The molecule has 3 aromatic rings. The fraction of sp³-hybridized carbons (Fsp3) is 0.143. The summed E-state index contributed by atoms with van der Waals surface area (Å²) in [6.07, 6.45) is -3.47. The molecule has 114 valence electrons. The van der Waals surface area contributed by atoms with Gasteiger partial charge in [-0.1, -0.05) is 23.9 Å². The Balaban J connectivity index is 1.87. The van der Waals surface area contributed by atoms with Gasteiger partial charge in [-0.05, 0) is 29.8 Å². The summed E-state index contributed by atoms with van der Waals surface area (Å²) < 4.78 is 52.6. The summed E-state index contributed by atoms with van der Waals surface area (Å²) in [7, 11) is 0. The lowest BCUT2D eigenvalue weighted by Gasteiger charge is -2.07. The first-order chi connectivity index (χ1) is 10.4. The van der Waals surface area contributed by atoms with Gasteiger partial charge in [0.1, 0.15) is 5.82 Å². The molecule has 0 aliphatic carbocycles.